The third-order valence-electron chi connectivity index (χ3n) is 3.46. The first kappa shape index (κ1) is 10.1. The molecule has 0 spiro atoms. The second-order valence-corrected chi connectivity index (χ2v) is 6.31. The van der Waals surface area contributed by atoms with Crippen molar-refractivity contribution >= 4 is 15.7 Å². The van der Waals surface area contributed by atoms with E-state index >= 15 is 0 Å². The Morgan fingerprint density at radius 2 is 1.69 bits per heavy atom. The number of sulfonamides is 1. The summed E-state index contributed by atoms with van der Waals surface area (Å²) in [6, 6.07) is 6.96. The molecule has 2 aliphatic rings. The topological polar surface area (TPSA) is 63.2 Å². The number of nitrogens with two attached hydrogens (primary N) is 1. The molecule has 4 nitrogen and oxygen atoms in total. The minimum Gasteiger partial charge on any atom is -0.399 e. The molecule has 2 unspecified atom stereocenters. The van der Waals surface area contributed by atoms with Gasteiger partial charge < -0.3 is 5.73 Å². The van der Waals surface area contributed by atoms with E-state index in [4.69, 9.17) is 5.73 Å². The zero-order chi connectivity index (χ0) is 11.3. The van der Waals surface area contributed by atoms with Gasteiger partial charge in [0.2, 0.25) is 10.0 Å². The standard InChI is InChI=1S/C11H14N2O2S/c12-8-4-6-9(7-5-8)16(14,15)13-10-2-1-3-11(10)13/h4-7,10-11H,1-3,12H2. The molecule has 1 saturated heterocycles. The first-order valence-electron chi connectivity index (χ1n) is 5.50. The molecule has 2 fully saturated rings. The Labute approximate surface area is 95.1 Å². The van der Waals surface area contributed by atoms with Crippen LogP contribution in [0, 0.1) is 0 Å². The van der Waals surface area contributed by atoms with Gasteiger partial charge in [-0.15, -0.1) is 0 Å². The monoisotopic (exact) mass is 238 g/mol. The number of fused-ring (bicyclic) bond motifs is 1. The largest absolute Gasteiger partial charge is 0.399 e. The quantitative estimate of drug-likeness (QED) is 0.622. The Kier molecular flexibility index (Phi) is 2.03. The van der Waals surface area contributed by atoms with E-state index in [2.05, 4.69) is 0 Å². The van der Waals surface area contributed by atoms with E-state index in [1.165, 1.54) is 0 Å². The van der Waals surface area contributed by atoms with Crippen LogP contribution >= 0.6 is 0 Å². The summed E-state index contributed by atoms with van der Waals surface area (Å²) in [7, 11) is -3.26. The fourth-order valence-corrected chi connectivity index (χ4v) is 4.48. The molecule has 2 atom stereocenters. The molecule has 1 heterocycles. The maximum atomic E-state index is 12.2. The number of anilines is 1. The fraction of sp³-hybridized carbons (Fsp3) is 0.455. The molecule has 1 aromatic rings. The molecular formula is C11H14N2O2S. The highest BCUT2D eigenvalue weighted by molar-refractivity contribution is 7.89. The number of benzene rings is 1. The lowest BCUT2D eigenvalue weighted by Crippen LogP contribution is -2.17. The van der Waals surface area contributed by atoms with Crippen LogP contribution in [0.5, 0.6) is 0 Å². The number of hydrogen-bond donors (Lipinski definition) is 1. The van der Waals surface area contributed by atoms with Crippen LogP contribution in [0.2, 0.25) is 0 Å². The summed E-state index contributed by atoms with van der Waals surface area (Å²) >= 11 is 0. The average Bonchev–Trinajstić information content (AvgIpc) is 2.77. The average molecular weight is 238 g/mol. The molecule has 2 N–H and O–H groups in total. The molecule has 0 bridgehead atoms. The van der Waals surface area contributed by atoms with Gasteiger partial charge in [-0.05, 0) is 37.1 Å². The van der Waals surface area contributed by atoms with Crippen LogP contribution in [0.4, 0.5) is 5.69 Å². The van der Waals surface area contributed by atoms with Crippen LogP contribution in [0.3, 0.4) is 0 Å². The van der Waals surface area contributed by atoms with E-state index < -0.39 is 10.0 Å². The van der Waals surface area contributed by atoms with Crippen molar-refractivity contribution in [3.05, 3.63) is 24.3 Å². The van der Waals surface area contributed by atoms with Gasteiger partial charge in [0.25, 0.3) is 0 Å². The summed E-state index contributed by atoms with van der Waals surface area (Å²) in [4.78, 5) is 0.358. The van der Waals surface area contributed by atoms with E-state index in [0.717, 1.165) is 19.3 Å². The maximum absolute atomic E-state index is 12.2. The van der Waals surface area contributed by atoms with E-state index in [-0.39, 0.29) is 12.1 Å². The summed E-state index contributed by atoms with van der Waals surface area (Å²) in [5.74, 6) is 0. The van der Waals surface area contributed by atoms with Gasteiger partial charge in [0.05, 0.1) is 4.90 Å². The summed E-state index contributed by atoms with van der Waals surface area (Å²) in [5, 5.41) is 0. The molecule has 1 saturated carbocycles. The Balaban J connectivity index is 1.92. The number of piperidine rings is 1. The summed E-state index contributed by atoms with van der Waals surface area (Å²) in [5.41, 5.74) is 6.13. The SMILES string of the molecule is Nc1ccc(S(=O)(=O)N2C3CCCC32)cc1. The lowest BCUT2D eigenvalue weighted by molar-refractivity contribution is 0.517. The summed E-state index contributed by atoms with van der Waals surface area (Å²) in [6.45, 7) is 0. The molecule has 0 amide bonds. The molecule has 1 aliphatic carbocycles. The highest BCUT2D eigenvalue weighted by Crippen LogP contribution is 2.46. The predicted octanol–water partition coefficient (Wildman–Crippen LogP) is 1.19. The third-order valence-corrected chi connectivity index (χ3v) is 5.43. The van der Waals surface area contributed by atoms with Crippen molar-refractivity contribution in [1.82, 2.24) is 4.31 Å². The van der Waals surface area contributed by atoms with E-state index in [1.54, 1.807) is 28.6 Å². The van der Waals surface area contributed by atoms with Gasteiger partial charge in [0, 0.05) is 17.8 Å². The number of hydrogen-bond acceptors (Lipinski definition) is 3. The lowest BCUT2D eigenvalue weighted by atomic mass is 10.3. The smallest absolute Gasteiger partial charge is 0.243 e. The van der Waals surface area contributed by atoms with Crippen molar-refractivity contribution in [1.29, 1.82) is 0 Å². The van der Waals surface area contributed by atoms with Crippen LogP contribution < -0.4 is 5.73 Å². The van der Waals surface area contributed by atoms with Crippen LogP contribution in [0.15, 0.2) is 29.2 Å². The molecule has 0 radical (unpaired) electrons. The van der Waals surface area contributed by atoms with Crippen molar-refractivity contribution in [2.45, 2.75) is 36.2 Å². The van der Waals surface area contributed by atoms with Crippen molar-refractivity contribution < 1.29 is 8.42 Å². The van der Waals surface area contributed by atoms with Crippen molar-refractivity contribution in [3.8, 4) is 0 Å². The van der Waals surface area contributed by atoms with E-state index in [1.807, 2.05) is 0 Å². The number of nitrogen functional groups attached to an aromatic ring is 1. The molecular weight excluding hydrogens is 224 g/mol. The molecule has 0 aromatic heterocycles. The van der Waals surface area contributed by atoms with Crippen molar-refractivity contribution in [2.24, 2.45) is 0 Å². The Bertz CT molecular complexity index is 499. The second kappa shape index (κ2) is 3.21. The first-order chi connectivity index (χ1) is 7.60. The number of nitrogens with zero attached hydrogens (tertiary/aromatic N) is 1. The molecule has 86 valence electrons. The van der Waals surface area contributed by atoms with Gasteiger partial charge in [0.15, 0.2) is 0 Å². The van der Waals surface area contributed by atoms with E-state index in [0.29, 0.717) is 10.6 Å². The zero-order valence-corrected chi connectivity index (χ0v) is 9.65. The predicted molar refractivity (Wildman–Crippen MR) is 61.3 cm³/mol. The fourth-order valence-electron chi connectivity index (χ4n) is 2.60. The number of rotatable bonds is 2. The zero-order valence-electron chi connectivity index (χ0n) is 8.83. The van der Waals surface area contributed by atoms with Crippen LogP contribution in [-0.2, 0) is 10.0 Å². The molecule has 1 aromatic carbocycles. The van der Waals surface area contributed by atoms with Gasteiger partial charge >= 0.3 is 0 Å². The van der Waals surface area contributed by atoms with Crippen LogP contribution in [0.1, 0.15) is 19.3 Å². The Morgan fingerprint density at radius 1 is 1.12 bits per heavy atom. The van der Waals surface area contributed by atoms with Gasteiger partial charge in [0.1, 0.15) is 0 Å². The maximum Gasteiger partial charge on any atom is 0.243 e. The van der Waals surface area contributed by atoms with Gasteiger partial charge in [-0.2, -0.15) is 4.31 Å². The first-order valence-corrected chi connectivity index (χ1v) is 6.94. The van der Waals surface area contributed by atoms with Crippen molar-refractivity contribution in [2.75, 3.05) is 5.73 Å². The van der Waals surface area contributed by atoms with Gasteiger partial charge in [-0.25, -0.2) is 8.42 Å². The van der Waals surface area contributed by atoms with Crippen LogP contribution in [-0.4, -0.2) is 24.8 Å². The normalized spacial score (nSPS) is 32.4. The van der Waals surface area contributed by atoms with E-state index in [9.17, 15) is 8.42 Å². The molecule has 3 rings (SSSR count). The summed E-state index contributed by atoms with van der Waals surface area (Å²) in [6.07, 6.45) is 3.18. The molecule has 5 heteroatoms. The van der Waals surface area contributed by atoms with Gasteiger partial charge in [-0.1, -0.05) is 6.42 Å². The molecule has 1 aliphatic heterocycles. The molecule has 16 heavy (non-hydrogen) atoms. The minimum atomic E-state index is -3.26. The minimum absolute atomic E-state index is 0.266. The third kappa shape index (κ3) is 1.35. The summed E-state index contributed by atoms with van der Waals surface area (Å²) < 4.78 is 26.0. The van der Waals surface area contributed by atoms with Gasteiger partial charge in [-0.3, -0.25) is 0 Å². The lowest BCUT2D eigenvalue weighted by Gasteiger charge is -2.09. The van der Waals surface area contributed by atoms with Crippen LogP contribution in [0.25, 0.3) is 0 Å². The Morgan fingerprint density at radius 3 is 2.25 bits per heavy atom. The highest BCUT2D eigenvalue weighted by atomic mass is 32.2. The van der Waals surface area contributed by atoms with Crippen molar-refractivity contribution in [3.63, 3.8) is 0 Å². The second-order valence-electron chi connectivity index (χ2n) is 4.47. The Hall–Kier alpha value is -1.07. The highest BCUT2D eigenvalue weighted by Gasteiger charge is 2.57.